The van der Waals surface area contributed by atoms with Crippen LogP contribution in [0.3, 0.4) is 0 Å². The molecule has 0 saturated heterocycles. The molecule has 7 nitrogen and oxygen atoms in total. The van der Waals surface area contributed by atoms with Crippen LogP contribution in [0.5, 0.6) is 0 Å². The second-order valence-electron chi connectivity index (χ2n) is 2.88. The summed E-state index contributed by atoms with van der Waals surface area (Å²) in [6.45, 7) is 3.74. The molecule has 0 aliphatic heterocycles. The van der Waals surface area contributed by atoms with Gasteiger partial charge in [-0.05, 0) is 0 Å². The van der Waals surface area contributed by atoms with Crippen LogP contribution in [-0.2, 0) is 0 Å². The van der Waals surface area contributed by atoms with E-state index in [4.69, 9.17) is 5.73 Å². The molecule has 0 heterocycles. The minimum Gasteiger partial charge on any atom is -0.284 e. The highest BCUT2D eigenvalue weighted by Gasteiger charge is 2.06. The van der Waals surface area contributed by atoms with E-state index in [1.807, 2.05) is 30.3 Å². The Hall–Kier alpha value is -2.57. The molecule has 1 aromatic rings. The molecule has 0 spiro atoms. The molecule has 0 unspecified atom stereocenters. The van der Waals surface area contributed by atoms with E-state index >= 15 is 0 Å². The summed E-state index contributed by atoms with van der Waals surface area (Å²) in [7, 11) is 0. The molecule has 0 aliphatic rings. The maximum Gasteiger partial charge on any atom is 0.425 e. The molecular formula is C9H12N5O2+. The Labute approximate surface area is 91.8 Å². The van der Waals surface area contributed by atoms with Crippen LogP contribution in [0.4, 0.5) is 0 Å². The number of benzene rings is 1. The number of nitrogens with one attached hydrogen (secondary N) is 3. The number of hydrazone groups is 1. The molecular weight excluding hydrogens is 210 g/mol. The predicted molar refractivity (Wildman–Crippen MR) is 58.9 cm³/mol. The minimum absolute atomic E-state index is 0.220. The first kappa shape index (κ1) is 11.5. The van der Waals surface area contributed by atoms with Crippen molar-refractivity contribution in [2.75, 3.05) is 0 Å². The van der Waals surface area contributed by atoms with Crippen molar-refractivity contribution < 1.29 is 10.1 Å². The third kappa shape index (κ3) is 3.66. The van der Waals surface area contributed by atoms with Gasteiger partial charge in [-0.2, -0.15) is 5.10 Å². The quantitative estimate of drug-likeness (QED) is 0.211. The van der Waals surface area contributed by atoms with Gasteiger partial charge in [-0.25, -0.2) is 10.1 Å². The fourth-order valence-electron chi connectivity index (χ4n) is 0.981. The highest BCUT2D eigenvalue weighted by Crippen LogP contribution is 2.05. The zero-order chi connectivity index (χ0) is 12.0. The zero-order valence-electron chi connectivity index (χ0n) is 8.43. The minimum atomic E-state index is -0.769. The summed E-state index contributed by atoms with van der Waals surface area (Å²) in [6.07, 6.45) is 0. The summed E-state index contributed by atoms with van der Waals surface area (Å²) < 4.78 is 0. The van der Waals surface area contributed by atoms with E-state index in [1.54, 1.807) is 5.43 Å². The van der Waals surface area contributed by atoms with Crippen molar-refractivity contribution in [3.05, 3.63) is 52.6 Å². The Balaban J connectivity index is 2.56. The summed E-state index contributed by atoms with van der Waals surface area (Å²) in [6, 6.07) is 9.26. The first-order valence-electron chi connectivity index (χ1n) is 4.39. The van der Waals surface area contributed by atoms with Crippen LogP contribution < -0.4 is 21.7 Å². The van der Waals surface area contributed by atoms with E-state index in [2.05, 4.69) is 17.1 Å². The van der Waals surface area contributed by atoms with Gasteiger partial charge < -0.3 is 0 Å². The second kappa shape index (κ2) is 5.35. The van der Waals surface area contributed by atoms with Gasteiger partial charge in [-0.15, -0.1) is 0 Å². The van der Waals surface area contributed by atoms with Crippen LogP contribution in [-0.4, -0.2) is 11.0 Å². The molecule has 0 radical (unpaired) electrons. The topological polar surface area (TPSA) is 107 Å². The van der Waals surface area contributed by atoms with Crippen LogP contribution >= 0.6 is 0 Å². The number of nitro groups is 1. The third-order valence-electron chi connectivity index (χ3n) is 1.68. The molecule has 0 bridgehead atoms. The number of hydrogen-bond acceptors (Lipinski definition) is 3. The first-order valence-corrected chi connectivity index (χ1v) is 4.39. The van der Waals surface area contributed by atoms with Crippen molar-refractivity contribution in [1.29, 1.82) is 0 Å². The predicted octanol–water partition coefficient (Wildman–Crippen LogP) is -1.66. The van der Waals surface area contributed by atoms with Crippen LogP contribution in [0.15, 0.2) is 36.9 Å². The van der Waals surface area contributed by atoms with Gasteiger partial charge in [0, 0.05) is 11.0 Å². The summed E-state index contributed by atoms with van der Waals surface area (Å²) in [5.74, 6) is -0.220. The molecule has 7 heteroatoms. The number of rotatable bonds is 4. The number of hydrazine groups is 2. The lowest BCUT2D eigenvalue weighted by atomic mass is 10.2. The molecule has 0 aliphatic carbocycles. The highest BCUT2D eigenvalue weighted by atomic mass is 16.7. The Morgan fingerprint density at radius 2 is 2.06 bits per heavy atom. The van der Waals surface area contributed by atoms with Gasteiger partial charge in [0.05, 0.1) is 5.70 Å². The molecule has 0 aromatic heterocycles. The molecule has 1 aromatic carbocycles. The van der Waals surface area contributed by atoms with E-state index in [-0.39, 0.29) is 5.96 Å². The molecule has 5 N–H and O–H groups in total. The van der Waals surface area contributed by atoms with E-state index in [0.717, 1.165) is 5.56 Å². The molecule has 0 atom stereocenters. The second-order valence-corrected chi connectivity index (χ2v) is 2.88. The number of hydrogen-bond donors (Lipinski definition) is 4. The average Bonchev–Trinajstić information content (AvgIpc) is 2.26. The highest BCUT2D eigenvalue weighted by molar-refractivity contribution is 5.70. The Morgan fingerprint density at radius 3 is 2.62 bits per heavy atom. The number of guanidine groups is 1. The summed E-state index contributed by atoms with van der Waals surface area (Å²) in [5.41, 5.74) is 11.0. The third-order valence-corrected chi connectivity index (χ3v) is 1.68. The van der Waals surface area contributed by atoms with Crippen molar-refractivity contribution in [1.82, 2.24) is 10.9 Å². The lowest BCUT2D eigenvalue weighted by molar-refractivity contribution is -0.561. The van der Waals surface area contributed by atoms with E-state index in [9.17, 15) is 10.1 Å². The van der Waals surface area contributed by atoms with Gasteiger partial charge in [0.15, 0.2) is 0 Å². The lowest BCUT2D eigenvalue weighted by Gasteiger charge is -2.03. The molecule has 0 fully saturated rings. The molecule has 1 rings (SSSR count). The summed E-state index contributed by atoms with van der Waals surface area (Å²) in [5, 5.41) is 11.7. The molecule has 84 valence electrons. The van der Waals surface area contributed by atoms with Crippen LogP contribution in [0, 0.1) is 10.1 Å². The maximum absolute atomic E-state index is 10.0. The Bertz CT molecular complexity index is 415. The summed E-state index contributed by atoms with van der Waals surface area (Å²) >= 11 is 0. The first-order chi connectivity index (χ1) is 7.59. The smallest absolute Gasteiger partial charge is 0.284 e. The van der Waals surface area contributed by atoms with Crippen molar-refractivity contribution in [2.45, 2.75) is 0 Å². The molecule has 0 amide bonds. The van der Waals surface area contributed by atoms with Gasteiger partial charge in [0.25, 0.3) is 0 Å². The van der Waals surface area contributed by atoms with Gasteiger partial charge in [0.2, 0.25) is 5.03 Å². The van der Waals surface area contributed by atoms with E-state index in [0.29, 0.717) is 5.70 Å². The van der Waals surface area contributed by atoms with Crippen molar-refractivity contribution in [2.24, 2.45) is 5.73 Å². The van der Waals surface area contributed by atoms with Gasteiger partial charge in [-0.3, -0.25) is 11.2 Å². The summed E-state index contributed by atoms with van der Waals surface area (Å²) in [4.78, 5) is 10.0. The molecule has 16 heavy (non-hydrogen) atoms. The maximum atomic E-state index is 10.0. The van der Waals surface area contributed by atoms with Crippen molar-refractivity contribution in [3.8, 4) is 0 Å². The fraction of sp³-hybridized carbons (Fsp3) is 0. The van der Waals surface area contributed by atoms with E-state index < -0.39 is 5.03 Å². The van der Waals surface area contributed by atoms with Crippen molar-refractivity contribution in [3.63, 3.8) is 0 Å². The van der Waals surface area contributed by atoms with Gasteiger partial charge >= 0.3 is 5.96 Å². The Kier molecular flexibility index (Phi) is 3.84. The Morgan fingerprint density at radius 1 is 1.44 bits per heavy atom. The monoisotopic (exact) mass is 222 g/mol. The van der Waals surface area contributed by atoms with Crippen LogP contribution in [0.1, 0.15) is 5.56 Å². The van der Waals surface area contributed by atoms with Crippen LogP contribution in [0.2, 0.25) is 0 Å². The number of nitrogens with two attached hydrogens (primary N) is 1. The fourth-order valence-corrected chi connectivity index (χ4v) is 0.981. The zero-order valence-corrected chi connectivity index (χ0v) is 8.43. The molecule has 0 saturated carbocycles. The normalized spacial score (nSPS) is 10.6. The van der Waals surface area contributed by atoms with Gasteiger partial charge in [-0.1, -0.05) is 36.9 Å². The lowest BCUT2D eigenvalue weighted by Crippen LogP contribution is -2.86. The average molecular weight is 222 g/mol. The van der Waals surface area contributed by atoms with Crippen LogP contribution in [0.25, 0.3) is 5.70 Å². The standard InChI is InChI=1S/C9H11N5O2/c1-7(8-5-3-2-4-6-8)11-12-9(10)13-14(15)16/h2-6,11H,1H2,(H3,10,12,13)/p+1. The number of nitrogens with zero attached hydrogens (tertiary/aromatic N) is 1. The van der Waals surface area contributed by atoms with Crippen molar-refractivity contribution >= 4 is 11.7 Å². The van der Waals surface area contributed by atoms with E-state index in [1.165, 1.54) is 0 Å². The largest absolute Gasteiger partial charge is 0.425 e. The SMILES string of the molecule is C=C(N[NH+]=C(N)N[N+](=O)[O-])c1ccccc1. The van der Waals surface area contributed by atoms with Gasteiger partial charge in [0.1, 0.15) is 0 Å².